The Morgan fingerprint density at radius 1 is 1.11 bits per heavy atom. The minimum atomic E-state index is 0.458. The van der Waals surface area contributed by atoms with Crippen LogP contribution >= 0.6 is 23.2 Å². The number of nitrogens with zero attached hydrogens (tertiary/aromatic N) is 2. The summed E-state index contributed by atoms with van der Waals surface area (Å²) in [5.41, 5.74) is 2.52. The normalized spacial score (nSPS) is 10.8. The molecule has 0 radical (unpaired) electrons. The van der Waals surface area contributed by atoms with Crippen molar-refractivity contribution in [1.82, 2.24) is 9.38 Å². The molecule has 1 aromatic carbocycles. The molecule has 94 valence electrons. The number of halogens is 2. The lowest BCUT2D eigenvalue weighted by Crippen LogP contribution is -1.92. The van der Waals surface area contributed by atoms with Crippen LogP contribution in [-0.4, -0.2) is 15.7 Å². The van der Waals surface area contributed by atoms with Gasteiger partial charge in [-0.15, -0.1) is 0 Å². The summed E-state index contributed by atoms with van der Waals surface area (Å²) in [6, 6.07) is 10.7. The highest BCUT2D eigenvalue weighted by Crippen LogP contribution is 2.26. The maximum atomic E-state index is 11.3. The van der Waals surface area contributed by atoms with Gasteiger partial charge in [0.2, 0.25) is 0 Å². The van der Waals surface area contributed by atoms with E-state index in [4.69, 9.17) is 23.2 Å². The van der Waals surface area contributed by atoms with Crippen molar-refractivity contribution < 1.29 is 4.79 Å². The number of hydrogen-bond acceptors (Lipinski definition) is 2. The van der Waals surface area contributed by atoms with Crippen LogP contribution in [0.5, 0.6) is 0 Å². The molecule has 2 heterocycles. The number of aldehydes is 1. The van der Waals surface area contributed by atoms with Gasteiger partial charge in [0.25, 0.3) is 0 Å². The largest absolute Gasteiger partial charge is 0.296 e. The monoisotopic (exact) mass is 290 g/mol. The van der Waals surface area contributed by atoms with Crippen LogP contribution in [0.15, 0.2) is 42.6 Å². The zero-order chi connectivity index (χ0) is 13.4. The van der Waals surface area contributed by atoms with Gasteiger partial charge >= 0.3 is 0 Å². The van der Waals surface area contributed by atoms with E-state index < -0.39 is 0 Å². The van der Waals surface area contributed by atoms with Gasteiger partial charge in [0.15, 0.2) is 6.29 Å². The third-order valence-corrected chi connectivity index (χ3v) is 3.29. The van der Waals surface area contributed by atoms with Gasteiger partial charge in [0.1, 0.15) is 17.0 Å². The van der Waals surface area contributed by atoms with Crippen LogP contribution in [0, 0.1) is 0 Å². The van der Waals surface area contributed by atoms with E-state index in [2.05, 4.69) is 4.98 Å². The highest BCUT2D eigenvalue weighted by Gasteiger charge is 2.13. The molecular weight excluding hydrogens is 283 g/mol. The van der Waals surface area contributed by atoms with Crippen LogP contribution < -0.4 is 0 Å². The first-order chi connectivity index (χ1) is 9.19. The standard InChI is InChI=1S/C14H8Cl2N2O/c15-10-3-1-2-9(6-10)14-12(8-19)18-7-11(16)4-5-13(18)17-14/h1-8H. The van der Waals surface area contributed by atoms with Gasteiger partial charge in [-0.1, -0.05) is 35.3 Å². The third kappa shape index (κ3) is 2.11. The van der Waals surface area contributed by atoms with Crippen molar-refractivity contribution >= 4 is 35.1 Å². The quantitative estimate of drug-likeness (QED) is 0.665. The fourth-order valence-corrected chi connectivity index (χ4v) is 2.35. The molecule has 0 aliphatic rings. The Labute approximate surface area is 119 Å². The minimum Gasteiger partial charge on any atom is -0.296 e. The predicted molar refractivity (Wildman–Crippen MR) is 76.0 cm³/mol. The van der Waals surface area contributed by atoms with Crippen molar-refractivity contribution in [2.45, 2.75) is 0 Å². The van der Waals surface area contributed by atoms with Crippen molar-refractivity contribution in [3.05, 3.63) is 58.3 Å². The van der Waals surface area contributed by atoms with E-state index in [1.54, 1.807) is 34.9 Å². The molecule has 0 bridgehead atoms. The number of aromatic nitrogens is 2. The second kappa shape index (κ2) is 4.68. The first-order valence-corrected chi connectivity index (χ1v) is 6.33. The zero-order valence-corrected chi connectivity index (χ0v) is 11.2. The molecule has 3 aromatic rings. The van der Waals surface area contributed by atoms with Gasteiger partial charge in [-0.3, -0.25) is 9.20 Å². The lowest BCUT2D eigenvalue weighted by Gasteiger charge is -1.99. The topological polar surface area (TPSA) is 34.4 Å². The molecule has 0 spiro atoms. The second-order valence-corrected chi connectivity index (χ2v) is 4.92. The van der Waals surface area contributed by atoms with Gasteiger partial charge in [0, 0.05) is 16.8 Å². The molecule has 0 unspecified atom stereocenters. The van der Waals surface area contributed by atoms with Crippen LogP contribution in [0.25, 0.3) is 16.9 Å². The van der Waals surface area contributed by atoms with Gasteiger partial charge < -0.3 is 0 Å². The highest BCUT2D eigenvalue weighted by molar-refractivity contribution is 6.31. The van der Waals surface area contributed by atoms with E-state index in [1.165, 1.54) is 0 Å². The number of imidazole rings is 1. The summed E-state index contributed by atoms with van der Waals surface area (Å²) >= 11 is 11.9. The molecule has 0 fully saturated rings. The van der Waals surface area contributed by atoms with E-state index in [9.17, 15) is 4.79 Å². The SMILES string of the molecule is O=Cc1c(-c2cccc(Cl)c2)nc2ccc(Cl)cn12. The Morgan fingerprint density at radius 2 is 1.95 bits per heavy atom. The summed E-state index contributed by atoms with van der Waals surface area (Å²) in [5.74, 6) is 0. The van der Waals surface area contributed by atoms with E-state index in [0.29, 0.717) is 27.1 Å². The number of hydrogen-bond donors (Lipinski definition) is 0. The van der Waals surface area contributed by atoms with Crippen molar-refractivity contribution in [3.8, 4) is 11.3 Å². The van der Waals surface area contributed by atoms with E-state index in [-0.39, 0.29) is 0 Å². The summed E-state index contributed by atoms with van der Waals surface area (Å²) in [5, 5.41) is 1.15. The Bertz CT molecular complexity index is 780. The van der Waals surface area contributed by atoms with E-state index in [0.717, 1.165) is 11.8 Å². The van der Waals surface area contributed by atoms with Crippen molar-refractivity contribution in [1.29, 1.82) is 0 Å². The molecule has 0 N–H and O–H groups in total. The van der Waals surface area contributed by atoms with Crippen molar-refractivity contribution in [2.24, 2.45) is 0 Å². The fraction of sp³-hybridized carbons (Fsp3) is 0. The zero-order valence-electron chi connectivity index (χ0n) is 9.68. The summed E-state index contributed by atoms with van der Waals surface area (Å²) in [6.07, 6.45) is 2.44. The molecule has 0 aliphatic carbocycles. The lowest BCUT2D eigenvalue weighted by atomic mass is 10.1. The molecule has 3 rings (SSSR count). The minimum absolute atomic E-state index is 0.458. The second-order valence-electron chi connectivity index (χ2n) is 4.05. The molecule has 5 heteroatoms. The Hall–Kier alpha value is -1.84. The van der Waals surface area contributed by atoms with Crippen molar-refractivity contribution in [3.63, 3.8) is 0 Å². The molecule has 0 atom stereocenters. The van der Waals surface area contributed by atoms with Crippen LogP contribution in [0.2, 0.25) is 10.0 Å². The highest BCUT2D eigenvalue weighted by atomic mass is 35.5. The summed E-state index contributed by atoms with van der Waals surface area (Å²) in [7, 11) is 0. The first-order valence-electron chi connectivity index (χ1n) is 5.58. The molecule has 0 saturated carbocycles. The van der Waals surface area contributed by atoms with Gasteiger partial charge in [-0.05, 0) is 24.3 Å². The van der Waals surface area contributed by atoms with Crippen LogP contribution in [0.4, 0.5) is 0 Å². The number of rotatable bonds is 2. The Balaban J connectivity index is 2.32. The predicted octanol–water partition coefficient (Wildman–Crippen LogP) is 4.12. The average molecular weight is 291 g/mol. The number of carbonyl (C=O) groups excluding carboxylic acids is 1. The maximum Gasteiger partial charge on any atom is 0.169 e. The Morgan fingerprint density at radius 3 is 2.68 bits per heavy atom. The van der Waals surface area contributed by atoms with Gasteiger partial charge in [-0.25, -0.2) is 4.98 Å². The lowest BCUT2D eigenvalue weighted by molar-refractivity contribution is 0.111. The third-order valence-electron chi connectivity index (χ3n) is 2.83. The van der Waals surface area contributed by atoms with Gasteiger partial charge in [-0.2, -0.15) is 0 Å². The molecule has 0 amide bonds. The first kappa shape index (κ1) is 12.2. The smallest absolute Gasteiger partial charge is 0.169 e. The van der Waals surface area contributed by atoms with Crippen LogP contribution in [-0.2, 0) is 0 Å². The fourth-order valence-electron chi connectivity index (χ4n) is 2.00. The van der Waals surface area contributed by atoms with E-state index >= 15 is 0 Å². The van der Waals surface area contributed by atoms with Crippen molar-refractivity contribution in [2.75, 3.05) is 0 Å². The Kier molecular flexibility index (Phi) is 3.01. The summed E-state index contributed by atoms with van der Waals surface area (Å²) in [6.45, 7) is 0. The average Bonchev–Trinajstić information content (AvgIpc) is 2.76. The molecule has 0 saturated heterocycles. The maximum absolute atomic E-state index is 11.3. The molecule has 0 aliphatic heterocycles. The summed E-state index contributed by atoms with van der Waals surface area (Å²) < 4.78 is 1.67. The molecular formula is C14H8Cl2N2O. The van der Waals surface area contributed by atoms with Crippen LogP contribution in [0.1, 0.15) is 10.5 Å². The number of benzene rings is 1. The molecule has 3 nitrogen and oxygen atoms in total. The number of carbonyl (C=O) groups is 1. The van der Waals surface area contributed by atoms with E-state index in [1.807, 2.05) is 12.1 Å². The number of pyridine rings is 1. The van der Waals surface area contributed by atoms with Crippen LogP contribution in [0.3, 0.4) is 0 Å². The summed E-state index contributed by atoms with van der Waals surface area (Å²) in [4.78, 5) is 15.8. The number of fused-ring (bicyclic) bond motifs is 1. The molecule has 2 aromatic heterocycles. The molecule has 19 heavy (non-hydrogen) atoms. The van der Waals surface area contributed by atoms with Gasteiger partial charge in [0.05, 0.1) is 5.02 Å².